The molecule has 0 amide bonds. The molecule has 2 aromatic rings. The smallest absolute Gasteiger partial charge is 0.390 e. The molecule has 2 aliphatic rings. The monoisotopic (exact) mass is 488 g/mol. The van der Waals surface area contributed by atoms with Crippen molar-refractivity contribution in [3.8, 4) is 5.75 Å². The van der Waals surface area contributed by atoms with E-state index in [2.05, 4.69) is 28.8 Å². The van der Waals surface area contributed by atoms with E-state index in [9.17, 15) is 18.0 Å². The Balaban J connectivity index is 1.45. The lowest BCUT2D eigenvalue weighted by Gasteiger charge is -2.36. The SMILES string of the molecule is CC(=O)CNCc1cccc(OC2c3ccccc3CC2C2CCCC(NCCC(F)(F)F)C2)c1. The average Bonchev–Trinajstić information content (AvgIpc) is 3.17. The molecule has 2 N–H and O–H groups in total. The highest BCUT2D eigenvalue weighted by atomic mass is 19.4. The summed E-state index contributed by atoms with van der Waals surface area (Å²) in [4.78, 5) is 11.2. The molecule has 4 atom stereocenters. The number of carbonyl (C=O) groups is 1. The molecule has 2 aliphatic carbocycles. The number of hydrogen-bond donors (Lipinski definition) is 2. The van der Waals surface area contributed by atoms with Gasteiger partial charge in [0.05, 0.1) is 13.0 Å². The van der Waals surface area contributed by atoms with E-state index in [1.54, 1.807) is 6.92 Å². The molecule has 4 rings (SSSR count). The van der Waals surface area contributed by atoms with Crippen LogP contribution in [0.3, 0.4) is 0 Å². The number of benzene rings is 2. The van der Waals surface area contributed by atoms with Crippen LogP contribution < -0.4 is 15.4 Å². The van der Waals surface area contributed by atoms with Crippen LogP contribution in [0.25, 0.3) is 0 Å². The number of halogens is 3. The van der Waals surface area contributed by atoms with E-state index in [0.29, 0.717) is 24.9 Å². The predicted molar refractivity (Wildman–Crippen MR) is 130 cm³/mol. The van der Waals surface area contributed by atoms with Crippen molar-refractivity contribution in [2.24, 2.45) is 11.8 Å². The number of alkyl halides is 3. The van der Waals surface area contributed by atoms with E-state index in [-0.39, 0.29) is 24.5 Å². The Morgan fingerprint density at radius 3 is 2.74 bits per heavy atom. The molecule has 0 heterocycles. The molecular weight excluding hydrogens is 453 g/mol. The van der Waals surface area contributed by atoms with Crippen LogP contribution in [-0.2, 0) is 17.8 Å². The van der Waals surface area contributed by atoms with Crippen LogP contribution in [0.4, 0.5) is 13.2 Å². The first-order valence-electron chi connectivity index (χ1n) is 12.6. The number of Topliss-reactive ketones (excluding diaryl/α,β-unsaturated/α-hetero) is 1. The summed E-state index contributed by atoms with van der Waals surface area (Å²) in [5.74, 6) is 1.58. The van der Waals surface area contributed by atoms with Gasteiger partial charge in [-0.1, -0.05) is 42.8 Å². The van der Waals surface area contributed by atoms with Crippen LogP contribution in [0.2, 0.25) is 0 Å². The zero-order chi connectivity index (χ0) is 24.8. The minimum atomic E-state index is -4.12. The predicted octanol–water partition coefficient (Wildman–Crippen LogP) is 5.76. The summed E-state index contributed by atoms with van der Waals surface area (Å²) in [6.45, 7) is 2.47. The minimum absolute atomic E-state index is 0.0177. The Labute approximate surface area is 205 Å². The second kappa shape index (κ2) is 11.6. The zero-order valence-corrected chi connectivity index (χ0v) is 20.2. The highest BCUT2D eigenvalue weighted by Crippen LogP contribution is 2.47. The number of carbonyl (C=O) groups excluding carboxylic acids is 1. The lowest BCUT2D eigenvalue weighted by molar-refractivity contribution is -0.133. The summed E-state index contributed by atoms with van der Waals surface area (Å²) in [5.41, 5.74) is 3.57. The van der Waals surface area contributed by atoms with Crippen LogP contribution in [0.15, 0.2) is 48.5 Å². The van der Waals surface area contributed by atoms with Gasteiger partial charge >= 0.3 is 6.18 Å². The molecule has 0 radical (unpaired) electrons. The maximum Gasteiger partial charge on any atom is 0.390 e. The molecule has 0 spiro atoms. The van der Waals surface area contributed by atoms with Crippen molar-refractivity contribution in [1.82, 2.24) is 10.6 Å². The van der Waals surface area contributed by atoms with Gasteiger partial charge in [0.1, 0.15) is 17.6 Å². The van der Waals surface area contributed by atoms with E-state index in [1.165, 1.54) is 11.1 Å². The lowest BCUT2D eigenvalue weighted by atomic mass is 9.75. The van der Waals surface area contributed by atoms with Crippen molar-refractivity contribution in [3.05, 3.63) is 65.2 Å². The topological polar surface area (TPSA) is 50.4 Å². The largest absolute Gasteiger partial charge is 0.485 e. The Morgan fingerprint density at radius 2 is 1.94 bits per heavy atom. The first-order chi connectivity index (χ1) is 16.8. The maximum absolute atomic E-state index is 12.6. The molecule has 0 aromatic heterocycles. The molecule has 4 nitrogen and oxygen atoms in total. The number of ketones is 1. The fraction of sp³-hybridized carbons (Fsp3) is 0.536. The Morgan fingerprint density at radius 1 is 1.11 bits per heavy atom. The fourth-order valence-corrected chi connectivity index (χ4v) is 5.63. The quantitative estimate of drug-likeness (QED) is 0.447. The Kier molecular flexibility index (Phi) is 8.50. The minimum Gasteiger partial charge on any atom is -0.485 e. The van der Waals surface area contributed by atoms with Crippen LogP contribution in [0.5, 0.6) is 5.75 Å². The van der Waals surface area contributed by atoms with Crippen LogP contribution in [-0.4, -0.2) is 31.1 Å². The summed E-state index contributed by atoms with van der Waals surface area (Å²) < 4.78 is 44.4. The van der Waals surface area contributed by atoms with Gasteiger partial charge in [-0.25, -0.2) is 0 Å². The van der Waals surface area contributed by atoms with Crippen molar-refractivity contribution >= 4 is 5.78 Å². The van der Waals surface area contributed by atoms with Gasteiger partial charge in [0.15, 0.2) is 0 Å². The molecule has 1 fully saturated rings. The number of ether oxygens (including phenoxy) is 1. The van der Waals surface area contributed by atoms with Gasteiger partial charge in [-0.15, -0.1) is 0 Å². The van der Waals surface area contributed by atoms with E-state index in [0.717, 1.165) is 43.4 Å². The Bertz CT molecular complexity index is 994. The third kappa shape index (κ3) is 7.31. The van der Waals surface area contributed by atoms with Crippen molar-refractivity contribution in [2.45, 2.75) is 70.3 Å². The molecule has 0 aliphatic heterocycles. The summed E-state index contributed by atoms with van der Waals surface area (Å²) in [6.07, 6.45) is -0.155. The van der Waals surface area contributed by atoms with Gasteiger partial charge in [-0.05, 0) is 67.3 Å². The van der Waals surface area contributed by atoms with Gasteiger partial charge in [-0.2, -0.15) is 13.2 Å². The number of rotatable bonds is 10. The third-order valence-corrected chi connectivity index (χ3v) is 7.23. The van der Waals surface area contributed by atoms with Crippen molar-refractivity contribution in [3.63, 3.8) is 0 Å². The highest BCUT2D eigenvalue weighted by molar-refractivity contribution is 5.77. The standard InChI is InChI=1S/C28H35F3N2O2/c1-19(34)17-32-18-20-6-4-10-24(14-20)35-27-25-11-3-2-7-22(25)16-26(27)21-8-5-9-23(15-21)33-13-12-28(29,30)31/h2-4,6-7,10-11,14,21,23,26-27,32-33H,5,8-9,12-13,15-18H2,1H3. The van der Waals surface area contributed by atoms with Gasteiger partial charge in [0.25, 0.3) is 0 Å². The summed E-state index contributed by atoms with van der Waals surface area (Å²) in [6, 6.07) is 16.5. The van der Waals surface area contributed by atoms with Crippen LogP contribution in [0.1, 0.15) is 61.8 Å². The van der Waals surface area contributed by atoms with Crippen molar-refractivity contribution < 1.29 is 22.7 Å². The average molecular weight is 489 g/mol. The number of nitrogens with one attached hydrogen (secondary N) is 2. The zero-order valence-electron chi connectivity index (χ0n) is 20.2. The third-order valence-electron chi connectivity index (χ3n) is 7.23. The number of hydrogen-bond acceptors (Lipinski definition) is 4. The van der Waals surface area contributed by atoms with E-state index < -0.39 is 12.6 Å². The van der Waals surface area contributed by atoms with E-state index >= 15 is 0 Å². The molecule has 190 valence electrons. The van der Waals surface area contributed by atoms with Crippen LogP contribution >= 0.6 is 0 Å². The fourth-order valence-electron chi connectivity index (χ4n) is 5.63. The maximum atomic E-state index is 12.6. The first kappa shape index (κ1) is 25.7. The second-order valence-electron chi connectivity index (χ2n) is 10.0. The summed E-state index contributed by atoms with van der Waals surface area (Å²) in [5, 5.41) is 6.31. The summed E-state index contributed by atoms with van der Waals surface area (Å²) in [7, 11) is 0. The van der Waals surface area contributed by atoms with Gasteiger partial charge in [-0.3, -0.25) is 4.79 Å². The van der Waals surface area contributed by atoms with Crippen molar-refractivity contribution in [1.29, 1.82) is 0 Å². The molecule has 0 bridgehead atoms. The van der Waals surface area contributed by atoms with Gasteiger partial charge in [0, 0.05) is 25.0 Å². The second-order valence-corrected chi connectivity index (χ2v) is 10.0. The normalized spacial score (nSPS) is 24.2. The highest BCUT2D eigenvalue weighted by Gasteiger charge is 2.41. The molecule has 1 saturated carbocycles. The molecule has 35 heavy (non-hydrogen) atoms. The number of fused-ring (bicyclic) bond motifs is 1. The molecule has 7 heteroatoms. The summed E-state index contributed by atoms with van der Waals surface area (Å²) >= 11 is 0. The molecular formula is C28H35F3N2O2. The van der Waals surface area contributed by atoms with Gasteiger partial charge < -0.3 is 15.4 Å². The van der Waals surface area contributed by atoms with E-state index in [4.69, 9.17) is 4.74 Å². The molecule has 0 saturated heterocycles. The molecule has 4 unspecified atom stereocenters. The van der Waals surface area contributed by atoms with E-state index in [1.807, 2.05) is 30.3 Å². The van der Waals surface area contributed by atoms with Crippen molar-refractivity contribution in [2.75, 3.05) is 13.1 Å². The molecule has 2 aromatic carbocycles. The Hall–Kier alpha value is -2.38. The lowest BCUT2D eigenvalue weighted by Crippen LogP contribution is -2.39. The van der Waals surface area contributed by atoms with Gasteiger partial charge in [0.2, 0.25) is 0 Å². The van der Waals surface area contributed by atoms with Crippen LogP contribution in [0, 0.1) is 11.8 Å². The first-order valence-corrected chi connectivity index (χ1v) is 12.6.